The third-order valence-corrected chi connectivity index (χ3v) is 14.2. The van der Waals surface area contributed by atoms with Crippen LogP contribution in [0.3, 0.4) is 0 Å². The van der Waals surface area contributed by atoms with Crippen LogP contribution in [0.25, 0.3) is 0 Å². The predicted molar refractivity (Wildman–Crippen MR) is 325 cm³/mol. The molecule has 0 rings (SSSR count). The van der Waals surface area contributed by atoms with Gasteiger partial charge < -0.3 is 14.6 Å². The van der Waals surface area contributed by atoms with E-state index in [1.807, 2.05) is 0 Å². The van der Waals surface area contributed by atoms with E-state index in [0.29, 0.717) is 12.8 Å². The van der Waals surface area contributed by atoms with Crippen LogP contribution in [0.4, 0.5) is 0 Å². The van der Waals surface area contributed by atoms with Gasteiger partial charge in [-0.2, -0.15) is 0 Å². The fourth-order valence-corrected chi connectivity index (χ4v) is 9.38. The van der Waals surface area contributed by atoms with E-state index in [-0.39, 0.29) is 25.2 Å². The van der Waals surface area contributed by atoms with E-state index in [1.165, 1.54) is 218 Å². The minimum atomic E-state index is -0.775. The highest BCUT2D eigenvalue weighted by atomic mass is 16.6. The SMILES string of the molecule is CC/C=C\C/C=C\C/C=C\C/C=C\C/C=C\CCCCCCCCCCCCCCCCCC(=O)OC(CO)COC(=O)CCCCCCCCCCCCCCCCCCC/C=C\C/C=C\CCCCCCC. The van der Waals surface area contributed by atoms with Gasteiger partial charge >= 0.3 is 11.9 Å². The molecule has 428 valence electrons. The van der Waals surface area contributed by atoms with Gasteiger partial charge in [0.25, 0.3) is 0 Å². The average molecular weight is 1030 g/mol. The molecule has 0 saturated carbocycles. The maximum atomic E-state index is 12.3. The standard InChI is InChI=1S/C69H122O5/c1-3-5-7-9-11-13-15-17-19-21-23-25-27-29-31-33-34-36-38-40-42-44-46-48-50-52-54-56-58-60-62-64-69(72)74-67(65-70)66-73-68(71)63-61-59-57-55-53-51-49-47-45-43-41-39-37-35-32-30-28-26-24-22-20-18-16-14-12-10-8-6-4-2/h5,7,11,13,16-19,22-25,29,31,67,70H,3-4,6,8-10,12,14-15,20-21,26-28,30,32-66H2,1-2H3/b7-5-,13-11-,18-16-,19-17-,24-22-,25-23-,31-29-. The highest BCUT2D eigenvalue weighted by molar-refractivity contribution is 5.70. The van der Waals surface area contributed by atoms with Crippen LogP contribution in [0.1, 0.15) is 322 Å². The minimum absolute atomic E-state index is 0.0651. The molecule has 5 nitrogen and oxygen atoms in total. The molecule has 0 fully saturated rings. The molecule has 74 heavy (non-hydrogen) atoms. The number of aliphatic hydroxyl groups is 1. The molecule has 0 aromatic rings. The van der Waals surface area contributed by atoms with Crippen LogP contribution in [-0.4, -0.2) is 36.4 Å². The quantitative estimate of drug-likeness (QED) is 0.0373. The average Bonchev–Trinajstić information content (AvgIpc) is 3.40. The van der Waals surface area contributed by atoms with Gasteiger partial charge in [-0.25, -0.2) is 0 Å². The number of carbonyl (C=O) groups is 2. The Hall–Kier alpha value is -2.92. The summed E-state index contributed by atoms with van der Waals surface area (Å²) in [5.41, 5.74) is 0. The van der Waals surface area contributed by atoms with Crippen LogP contribution in [0.15, 0.2) is 85.1 Å². The first-order chi connectivity index (χ1) is 36.6. The molecule has 0 aromatic heterocycles. The van der Waals surface area contributed by atoms with E-state index in [1.54, 1.807) is 0 Å². The van der Waals surface area contributed by atoms with E-state index in [2.05, 4.69) is 98.9 Å². The van der Waals surface area contributed by atoms with E-state index in [4.69, 9.17) is 9.47 Å². The molecule has 1 N–H and O–H groups in total. The van der Waals surface area contributed by atoms with Gasteiger partial charge in [0.2, 0.25) is 0 Å². The Bertz CT molecular complexity index is 1350. The Morgan fingerprint density at radius 3 is 0.878 bits per heavy atom. The summed E-state index contributed by atoms with van der Waals surface area (Å²) in [6.07, 6.45) is 90.1. The van der Waals surface area contributed by atoms with Gasteiger partial charge in [-0.05, 0) is 89.9 Å². The minimum Gasteiger partial charge on any atom is -0.462 e. The Labute approximate surface area is 460 Å². The van der Waals surface area contributed by atoms with Gasteiger partial charge in [0.05, 0.1) is 6.61 Å². The summed E-state index contributed by atoms with van der Waals surface area (Å²) in [7, 11) is 0. The van der Waals surface area contributed by atoms with E-state index < -0.39 is 6.10 Å². The van der Waals surface area contributed by atoms with Crippen LogP contribution in [0, 0.1) is 0 Å². The van der Waals surface area contributed by atoms with Crippen molar-refractivity contribution in [2.75, 3.05) is 13.2 Å². The summed E-state index contributed by atoms with van der Waals surface area (Å²) < 4.78 is 10.7. The number of allylic oxidation sites excluding steroid dienone is 14. The number of hydrogen-bond donors (Lipinski definition) is 1. The molecule has 0 aromatic carbocycles. The topological polar surface area (TPSA) is 72.8 Å². The molecular formula is C69H122O5. The molecule has 0 radical (unpaired) electrons. The Kier molecular flexibility index (Phi) is 61.8. The Morgan fingerprint density at radius 1 is 0.324 bits per heavy atom. The first-order valence-electron chi connectivity index (χ1n) is 32.1. The lowest BCUT2D eigenvalue weighted by Gasteiger charge is -2.15. The molecule has 0 saturated heterocycles. The molecule has 0 spiro atoms. The molecule has 0 heterocycles. The monoisotopic (exact) mass is 1030 g/mol. The van der Waals surface area contributed by atoms with E-state index >= 15 is 0 Å². The summed E-state index contributed by atoms with van der Waals surface area (Å²) in [5.74, 6) is -0.579. The second-order valence-electron chi connectivity index (χ2n) is 21.5. The van der Waals surface area contributed by atoms with Gasteiger partial charge in [0.15, 0.2) is 6.10 Å². The third-order valence-electron chi connectivity index (χ3n) is 14.2. The largest absolute Gasteiger partial charge is 0.462 e. The van der Waals surface area contributed by atoms with Gasteiger partial charge in [-0.1, -0.05) is 304 Å². The normalized spacial score (nSPS) is 12.7. The van der Waals surface area contributed by atoms with Crippen LogP contribution in [0.5, 0.6) is 0 Å². The van der Waals surface area contributed by atoms with Gasteiger partial charge in [-0.3, -0.25) is 9.59 Å². The van der Waals surface area contributed by atoms with Crippen molar-refractivity contribution in [2.45, 2.75) is 328 Å². The van der Waals surface area contributed by atoms with Crippen molar-refractivity contribution in [3.05, 3.63) is 85.1 Å². The lowest BCUT2D eigenvalue weighted by atomic mass is 10.0. The second kappa shape index (κ2) is 64.4. The van der Waals surface area contributed by atoms with Crippen LogP contribution in [0.2, 0.25) is 0 Å². The molecule has 0 bridgehead atoms. The lowest BCUT2D eigenvalue weighted by Crippen LogP contribution is -2.28. The molecule has 0 aliphatic rings. The number of aliphatic hydroxyl groups excluding tert-OH is 1. The van der Waals surface area contributed by atoms with Crippen LogP contribution in [-0.2, 0) is 19.1 Å². The number of carbonyl (C=O) groups excluding carboxylic acids is 2. The number of unbranched alkanes of at least 4 members (excludes halogenated alkanes) is 37. The predicted octanol–water partition coefficient (Wildman–Crippen LogP) is 22.1. The highest BCUT2D eigenvalue weighted by Crippen LogP contribution is 2.17. The van der Waals surface area contributed by atoms with Crippen LogP contribution >= 0.6 is 0 Å². The number of esters is 2. The summed E-state index contributed by atoms with van der Waals surface area (Å²) in [5, 5.41) is 9.69. The van der Waals surface area contributed by atoms with Gasteiger partial charge in [-0.15, -0.1) is 0 Å². The molecule has 5 heteroatoms. The number of hydrogen-bond acceptors (Lipinski definition) is 5. The van der Waals surface area contributed by atoms with E-state index in [0.717, 1.165) is 77.0 Å². The van der Waals surface area contributed by atoms with Gasteiger partial charge in [0, 0.05) is 12.8 Å². The van der Waals surface area contributed by atoms with Crippen molar-refractivity contribution < 1.29 is 24.2 Å². The summed E-state index contributed by atoms with van der Waals surface area (Å²) in [6, 6.07) is 0. The summed E-state index contributed by atoms with van der Waals surface area (Å²) in [4.78, 5) is 24.6. The van der Waals surface area contributed by atoms with Crippen molar-refractivity contribution in [3.8, 4) is 0 Å². The van der Waals surface area contributed by atoms with E-state index in [9.17, 15) is 14.7 Å². The highest BCUT2D eigenvalue weighted by Gasteiger charge is 2.16. The fourth-order valence-electron chi connectivity index (χ4n) is 9.38. The maximum Gasteiger partial charge on any atom is 0.306 e. The molecule has 0 amide bonds. The van der Waals surface area contributed by atoms with Crippen LogP contribution < -0.4 is 0 Å². The van der Waals surface area contributed by atoms with Gasteiger partial charge in [0.1, 0.15) is 6.61 Å². The molecule has 0 aliphatic carbocycles. The zero-order valence-electron chi connectivity index (χ0n) is 49.1. The van der Waals surface area contributed by atoms with Crippen molar-refractivity contribution in [1.29, 1.82) is 0 Å². The first kappa shape index (κ1) is 71.1. The first-order valence-corrected chi connectivity index (χ1v) is 32.1. The number of rotatable bonds is 59. The molecule has 1 atom stereocenters. The zero-order valence-corrected chi connectivity index (χ0v) is 49.1. The van der Waals surface area contributed by atoms with Crippen molar-refractivity contribution in [3.63, 3.8) is 0 Å². The second-order valence-corrected chi connectivity index (χ2v) is 21.5. The number of ether oxygens (including phenoxy) is 2. The van der Waals surface area contributed by atoms with Crippen molar-refractivity contribution in [1.82, 2.24) is 0 Å². The summed E-state index contributed by atoms with van der Waals surface area (Å²) >= 11 is 0. The maximum absolute atomic E-state index is 12.3. The Morgan fingerprint density at radius 2 is 0.581 bits per heavy atom. The molecule has 0 aliphatic heterocycles. The molecular weight excluding hydrogens is 909 g/mol. The van der Waals surface area contributed by atoms with Crippen molar-refractivity contribution in [2.24, 2.45) is 0 Å². The smallest absolute Gasteiger partial charge is 0.306 e. The summed E-state index contributed by atoms with van der Waals surface area (Å²) in [6.45, 7) is 4.05. The fraction of sp³-hybridized carbons (Fsp3) is 0.768. The van der Waals surface area contributed by atoms with Crippen molar-refractivity contribution >= 4 is 11.9 Å². The lowest BCUT2D eigenvalue weighted by molar-refractivity contribution is -0.161. The third kappa shape index (κ3) is 61.6. The Balaban J connectivity index is 3.45. The molecule has 1 unspecified atom stereocenters. The zero-order chi connectivity index (χ0) is 53.4.